The Labute approximate surface area is 132 Å². The molecule has 0 atom stereocenters. The summed E-state index contributed by atoms with van der Waals surface area (Å²) in [6.45, 7) is 2.86. The molecule has 7 nitrogen and oxygen atoms in total. The van der Waals surface area contributed by atoms with Gasteiger partial charge in [-0.05, 0) is 19.3 Å². The fourth-order valence-electron chi connectivity index (χ4n) is 2.07. The van der Waals surface area contributed by atoms with E-state index in [-0.39, 0.29) is 6.03 Å². The summed E-state index contributed by atoms with van der Waals surface area (Å²) in [5.41, 5.74) is 0.781. The Morgan fingerprint density at radius 2 is 2.23 bits per heavy atom. The van der Waals surface area contributed by atoms with E-state index in [1.54, 1.807) is 11.9 Å². The zero-order chi connectivity index (χ0) is 15.5. The maximum absolute atomic E-state index is 12.1. The minimum absolute atomic E-state index is 0.163. The summed E-state index contributed by atoms with van der Waals surface area (Å²) in [4.78, 5) is 13.6. The molecule has 1 saturated carbocycles. The third-order valence-electron chi connectivity index (χ3n) is 3.50. The van der Waals surface area contributed by atoms with Crippen molar-refractivity contribution in [1.82, 2.24) is 25.6 Å². The summed E-state index contributed by atoms with van der Waals surface area (Å²) in [5, 5.41) is 16.7. The number of hydrogen-bond donors (Lipinski definition) is 1. The molecule has 1 aliphatic carbocycles. The van der Waals surface area contributed by atoms with Gasteiger partial charge in [-0.25, -0.2) is 4.79 Å². The second-order valence-corrected chi connectivity index (χ2v) is 6.60. The van der Waals surface area contributed by atoms with Crippen LogP contribution in [-0.4, -0.2) is 33.3 Å². The molecule has 0 saturated heterocycles. The first-order valence-electron chi connectivity index (χ1n) is 7.41. The molecule has 0 radical (unpaired) electrons. The van der Waals surface area contributed by atoms with E-state index in [0.29, 0.717) is 19.0 Å². The lowest BCUT2D eigenvalue weighted by molar-refractivity contribution is 0.205. The highest BCUT2D eigenvalue weighted by Gasteiger charge is 2.28. The predicted octanol–water partition coefficient (Wildman–Crippen LogP) is 2.31. The molecule has 8 heteroatoms. The van der Waals surface area contributed by atoms with E-state index in [9.17, 15) is 4.79 Å². The smallest absolute Gasteiger partial charge is 0.317 e. The fourth-order valence-corrected chi connectivity index (χ4v) is 2.79. The molecule has 1 aliphatic rings. The zero-order valence-electron chi connectivity index (χ0n) is 12.7. The Kier molecular flexibility index (Phi) is 4.37. The van der Waals surface area contributed by atoms with Gasteiger partial charge in [0.2, 0.25) is 0 Å². The van der Waals surface area contributed by atoms with Crippen molar-refractivity contribution in [3.63, 3.8) is 0 Å². The van der Waals surface area contributed by atoms with Crippen LogP contribution in [0, 0.1) is 0 Å². The zero-order valence-corrected chi connectivity index (χ0v) is 13.5. The lowest BCUT2D eigenvalue weighted by atomic mass is 10.3. The van der Waals surface area contributed by atoms with E-state index in [0.717, 1.165) is 27.9 Å². The Morgan fingerprint density at radius 3 is 2.91 bits per heavy atom. The van der Waals surface area contributed by atoms with Crippen molar-refractivity contribution in [1.29, 1.82) is 0 Å². The standard InChI is InChI=1S/C14H19N5O2S/c1-3-12-16-17-13(22-12)7-15-14(20)19(2)8-10-6-11(21-18-10)9-4-5-9/h6,9H,3-5,7-8H2,1-2H3,(H,15,20). The molecule has 118 valence electrons. The third-order valence-corrected chi connectivity index (χ3v) is 4.57. The maximum atomic E-state index is 12.1. The van der Waals surface area contributed by atoms with Crippen LogP contribution in [-0.2, 0) is 19.5 Å². The number of hydrogen-bond acceptors (Lipinski definition) is 6. The van der Waals surface area contributed by atoms with Crippen LogP contribution in [0.3, 0.4) is 0 Å². The fraction of sp³-hybridized carbons (Fsp3) is 0.571. The van der Waals surface area contributed by atoms with Gasteiger partial charge in [0.15, 0.2) is 0 Å². The lowest BCUT2D eigenvalue weighted by Gasteiger charge is -2.15. The molecule has 2 heterocycles. The largest absolute Gasteiger partial charge is 0.361 e. The average Bonchev–Trinajstić information content (AvgIpc) is 3.09. The van der Waals surface area contributed by atoms with Gasteiger partial charge in [0, 0.05) is 19.0 Å². The number of rotatable bonds is 6. The summed E-state index contributed by atoms with van der Waals surface area (Å²) in [7, 11) is 1.73. The molecule has 0 spiro atoms. The van der Waals surface area contributed by atoms with Crippen molar-refractivity contribution in [2.24, 2.45) is 0 Å². The van der Waals surface area contributed by atoms with E-state index in [1.165, 1.54) is 24.2 Å². The number of nitrogens with one attached hydrogen (secondary N) is 1. The van der Waals surface area contributed by atoms with Crippen LogP contribution in [0.1, 0.15) is 47.2 Å². The first-order chi connectivity index (χ1) is 10.7. The molecular weight excluding hydrogens is 302 g/mol. The number of aromatic nitrogens is 3. The Balaban J connectivity index is 1.48. The number of urea groups is 1. The molecule has 1 N–H and O–H groups in total. The van der Waals surface area contributed by atoms with Gasteiger partial charge in [-0.2, -0.15) is 0 Å². The van der Waals surface area contributed by atoms with E-state index < -0.39 is 0 Å². The molecule has 2 aromatic rings. The highest BCUT2D eigenvalue weighted by Crippen LogP contribution is 2.40. The summed E-state index contributed by atoms with van der Waals surface area (Å²) in [6.07, 6.45) is 3.21. The van der Waals surface area contributed by atoms with Crippen molar-refractivity contribution < 1.29 is 9.32 Å². The van der Waals surface area contributed by atoms with Crippen molar-refractivity contribution in [3.05, 3.63) is 27.5 Å². The number of aryl methyl sites for hydroxylation is 1. The van der Waals surface area contributed by atoms with Gasteiger partial charge in [0.1, 0.15) is 21.5 Å². The normalized spacial score (nSPS) is 14.1. The summed E-state index contributed by atoms with van der Waals surface area (Å²) in [6, 6.07) is 1.78. The van der Waals surface area contributed by atoms with Crippen molar-refractivity contribution >= 4 is 17.4 Å². The molecule has 0 aromatic carbocycles. The van der Waals surface area contributed by atoms with E-state index in [4.69, 9.17) is 4.52 Å². The molecule has 0 aliphatic heterocycles. The maximum Gasteiger partial charge on any atom is 0.317 e. The first-order valence-corrected chi connectivity index (χ1v) is 8.23. The Hall–Kier alpha value is -1.96. The van der Waals surface area contributed by atoms with E-state index >= 15 is 0 Å². The van der Waals surface area contributed by atoms with Gasteiger partial charge in [-0.3, -0.25) is 0 Å². The van der Waals surface area contributed by atoms with Crippen LogP contribution in [0.5, 0.6) is 0 Å². The van der Waals surface area contributed by atoms with Crippen LogP contribution in [0.2, 0.25) is 0 Å². The van der Waals surface area contributed by atoms with Crippen LogP contribution in [0.4, 0.5) is 4.79 Å². The average molecular weight is 321 g/mol. The van der Waals surface area contributed by atoms with Gasteiger partial charge in [-0.1, -0.05) is 23.4 Å². The van der Waals surface area contributed by atoms with Crippen LogP contribution >= 0.6 is 11.3 Å². The number of amides is 2. The van der Waals surface area contributed by atoms with Gasteiger partial charge in [0.25, 0.3) is 0 Å². The minimum atomic E-state index is -0.163. The Morgan fingerprint density at radius 1 is 1.45 bits per heavy atom. The SMILES string of the molecule is CCc1nnc(CNC(=O)N(C)Cc2cc(C3CC3)on2)s1. The van der Waals surface area contributed by atoms with Crippen LogP contribution < -0.4 is 5.32 Å². The predicted molar refractivity (Wildman–Crippen MR) is 81.5 cm³/mol. The topological polar surface area (TPSA) is 84.2 Å². The molecule has 1 fully saturated rings. The van der Waals surface area contributed by atoms with Crippen LogP contribution in [0.25, 0.3) is 0 Å². The lowest BCUT2D eigenvalue weighted by Crippen LogP contribution is -2.36. The highest BCUT2D eigenvalue weighted by molar-refractivity contribution is 7.11. The summed E-state index contributed by atoms with van der Waals surface area (Å²) >= 11 is 1.52. The molecule has 22 heavy (non-hydrogen) atoms. The molecule has 0 bridgehead atoms. The van der Waals surface area contributed by atoms with Crippen molar-refractivity contribution in [2.75, 3.05) is 7.05 Å². The first kappa shape index (κ1) is 15.0. The minimum Gasteiger partial charge on any atom is -0.361 e. The quantitative estimate of drug-likeness (QED) is 0.882. The summed E-state index contributed by atoms with van der Waals surface area (Å²) < 4.78 is 5.29. The second kappa shape index (κ2) is 6.43. The molecule has 2 aromatic heterocycles. The highest BCUT2D eigenvalue weighted by atomic mass is 32.1. The van der Waals surface area contributed by atoms with Gasteiger partial charge >= 0.3 is 6.03 Å². The van der Waals surface area contributed by atoms with Crippen molar-refractivity contribution in [3.8, 4) is 0 Å². The Bertz CT molecular complexity index is 649. The summed E-state index contributed by atoms with van der Waals surface area (Å²) in [5.74, 6) is 1.47. The third kappa shape index (κ3) is 3.62. The second-order valence-electron chi connectivity index (χ2n) is 5.45. The van der Waals surface area contributed by atoms with Crippen molar-refractivity contribution in [2.45, 2.75) is 45.2 Å². The van der Waals surface area contributed by atoms with E-state index in [1.807, 2.05) is 13.0 Å². The molecule has 0 unspecified atom stereocenters. The molecular formula is C14H19N5O2S. The number of carbonyl (C=O) groups excluding carboxylic acids is 1. The monoisotopic (exact) mass is 321 g/mol. The number of nitrogens with zero attached hydrogens (tertiary/aromatic N) is 4. The van der Waals surface area contributed by atoms with E-state index in [2.05, 4.69) is 20.7 Å². The van der Waals surface area contributed by atoms with Gasteiger partial charge in [0.05, 0.1) is 13.1 Å². The molecule has 2 amide bonds. The van der Waals surface area contributed by atoms with Gasteiger partial charge in [-0.15, -0.1) is 10.2 Å². The van der Waals surface area contributed by atoms with Crippen LogP contribution in [0.15, 0.2) is 10.6 Å². The molecule has 3 rings (SSSR count). The van der Waals surface area contributed by atoms with Gasteiger partial charge < -0.3 is 14.7 Å². The number of carbonyl (C=O) groups is 1.